The maximum Gasteiger partial charge on any atom is 0.0902 e. The van der Waals surface area contributed by atoms with E-state index in [0.717, 1.165) is 11.4 Å². The zero-order valence-corrected chi connectivity index (χ0v) is 16.9. The Bertz CT molecular complexity index is 1050. The summed E-state index contributed by atoms with van der Waals surface area (Å²) in [5.41, 5.74) is 4.64. The summed E-state index contributed by atoms with van der Waals surface area (Å²) < 4.78 is 0. The molecule has 1 nitrogen and oxygen atoms in total. The van der Waals surface area contributed by atoms with Gasteiger partial charge in [0.05, 0.1) is 21.1 Å². The second-order valence-corrected chi connectivity index (χ2v) is 9.48. The number of rotatable bonds is 4. The van der Waals surface area contributed by atoms with E-state index < -0.39 is 0 Å². The van der Waals surface area contributed by atoms with Crippen LogP contribution in [0.1, 0.15) is 0 Å². The summed E-state index contributed by atoms with van der Waals surface area (Å²) in [4.78, 5) is 10.1. The average Bonchev–Trinajstić information content (AvgIpc) is 3.49. The Morgan fingerprint density at radius 3 is 1.69 bits per heavy atom. The van der Waals surface area contributed by atoms with Crippen LogP contribution in [-0.2, 0) is 0 Å². The normalized spacial score (nSPS) is 11.1. The highest BCUT2D eigenvalue weighted by atomic mass is 32.1. The van der Waals surface area contributed by atoms with E-state index in [-0.39, 0.29) is 0 Å². The molecule has 0 aromatic carbocycles. The molecule has 0 amide bonds. The van der Waals surface area contributed by atoms with Crippen LogP contribution in [0.3, 0.4) is 0 Å². The fraction of sp³-hybridized carbons (Fsp3) is 0. The van der Waals surface area contributed by atoms with Gasteiger partial charge in [-0.2, -0.15) is 0 Å². The van der Waals surface area contributed by atoms with E-state index in [9.17, 15) is 0 Å². The van der Waals surface area contributed by atoms with Crippen LogP contribution in [0, 0.1) is 0 Å². The molecule has 0 unspecified atom stereocenters. The Balaban J connectivity index is 1.87. The van der Waals surface area contributed by atoms with Gasteiger partial charge < -0.3 is 0 Å². The lowest BCUT2D eigenvalue weighted by atomic mass is 10.0. The van der Waals surface area contributed by atoms with Crippen molar-refractivity contribution in [1.82, 2.24) is 4.98 Å². The van der Waals surface area contributed by atoms with Gasteiger partial charge in [-0.05, 0) is 51.9 Å². The molecule has 0 aliphatic heterocycles. The third-order valence-corrected chi connectivity index (χ3v) is 7.66. The predicted molar refractivity (Wildman–Crippen MR) is 117 cm³/mol. The molecule has 5 aromatic heterocycles. The first kappa shape index (κ1) is 16.1. The molecule has 26 heavy (non-hydrogen) atoms. The molecule has 5 heterocycles. The van der Waals surface area contributed by atoms with E-state index in [1.54, 1.807) is 45.3 Å². The van der Waals surface area contributed by atoms with Crippen LogP contribution in [0.5, 0.6) is 0 Å². The van der Waals surface area contributed by atoms with Gasteiger partial charge in [0.25, 0.3) is 0 Å². The molecule has 0 saturated heterocycles. The van der Waals surface area contributed by atoms with Gasteiger partial charge in [-0.1, -0.05) is 24.3 Å². The summed E-state index contributed by atoms with van der Waals surface area (Å²) in [5, 5.41) is 8.51. The smallest absolute Gasteiger partial charge is 0.0902 e. The monoisotopic (exact) mass is 407 g/mol. The van der Waals surface area contributed by atoms with Crippen LogP contribution >= 0.6 is 45.3 Å². The summed E-state index contributed by atoms with van der Waals surface area (Å²) in [5.74, 6) is 0. The van der Waals surface area contributed by atoms with Crippen LogP contribution in [0.4, 0.5) is 0 Å². The average molecular weight is 408 g/mol. The van der Waals surface area contributed by atoms with Crippen LogP contribution in [-0.4, -0.2) is 4.98 Å². The van der Waals surface area contributed by atoms with Crippen molar-refractivity contribution in [2.45, 2.75) is 0 Å². The van der Waals surface area contributed by atoms with Crippen molar-refractivity contribution < 1.29 is 0 Å². The van der Waals surface area contributed by atoms with Gasteiger partial charge in [-0.3, -0.25) is 0 Å². The molecular weight excluding hydrogens is 395 g/mol. The lowest BCUT2D eigenvalue weighted by Gasteiger charge is -2.14. The predicted octanol–water partition coefficient (Wildman–Crippen LogP) is 8.00. The molecule has 126 valence electrons. The Labute approximate surface area is 167 Å². The van der Waals surface area contributed by atoms with Crippen LogP contribution in [0.25, 0.3) is 42.0 Å². The molecule has 0 aliphatic carbocycles. The highest BCUT2D eigenvalue weighted by molar-refractivity contribution is 7.15. The summed E-state index contributed by atoms with van der Waals surface area (Å²) in [6.45, 7) is 0. The van der Waals surface area contributed by atoms with Gasteiger partial charge in [-0.25, -0.2) is 4.98 Å². The first-order valence-corrected chi connectivity index (χ1v) is 11.6. The fourth-order valence-corrected chi connectivity index (χ4v) is 5.92. The van der Waals surface area contributed by atoms with Crippen molar-refractivity contribution in [3.63, 3.8) is 0 Å². The second kappa shape index (κ2) is 6.93. The zero-order valence-electron chi connectivity index (χ0n) is 13.6. The molecule has 0 fully saturated rings. The third-order valence-electron chi connectivity index (χ3n) is 4.10. The van der Waals surface area contributed by atoms with E-state index >= 15 is 0 Å². The maximum absolute atomic E-state index is 5.12. The first-order valence-electron chi connectivity index (χ1n) is 8.11. The van der Waals surface area contributed by atoms with E-state index in [1.807, 2.05) is 0 Å². The van der Waals surface area contributed by atoms with E-state index in [4.69, 9.17) is 4.98 Å². The Morgan fingerprint density at radius 2 is 1.12 bits per heavy atom. The van der Waals surface area contributed by atoms with Gasteiger partial charge in [0.2, 0.25) is 0 Å². The Morgan fingerprint density at radius 1 is 0.577 bits per heavy atom. The summed E-state index contributed by atoms with van der Waals surface area (Å²) in [6, 6.07) is 19.4. The van der Waals surface area contributed by atoms with Crippen LogP contribution in [0.15, 0.2) is 76.1 Å². The topological polar surface area (TPSA) is 12.9 Å². The molecule has 0 saturated carbocycles. The molecule has 0 spiro atoms. The quantitative estimate of drug-likeness (QED) is 0.294. The molecule has 0 radical (unpaired) electrons. The number of thiophene rings is 4. The Kier molecular flexibility index (Phi) is 4.30. The van der Waals surface area contributed by atoms with Crippen molar-refractivity contribution in [2.24, 2.45) is 0 Å². The van der Waals surface area contributed by atoms with E-state index in [2.05, 4.69) is 76.1 Å². The maximum atomic E-state index is 5.12. The number of hydrogen-bond donors (Lipinski definition) is 0. The van der Waals surface area contributed by atoms with Crippen molar-refractivity contribution in [2.75, 3.05) is 0 Å². The summed E-state index contributed by atoms with van der Waals surface area (Å²) in [6.07, 6.45) is 0. The number of nitrogens with zero attached hydrogens (tertiary/aromatic N) is 1. The van der Waals surface area contributed by atoms with Crippen molar-refractivity contribution in [3.8, 4) is 42.0 Å². The number of pyridine rings is 1. The van der Waals surface area contributed by atoms with E-state index in [0.29, 0.717) is 0 Å². The van der Waals surface area contributed by atoms with Gasteiger partial charge in [0, 0.05) is 20.9 Å². The van der Waals surface area contributed by atoms with Crippen molar-refractivity contribution in [1.29, 1.82) is 0 Å². The van der Waals surface area contributed by atoms with E-state index in [1.165, 1.54) is 30.6 Å². The summed E-state index contributed by atoms with van der Waals surface area (Å²) in [7, 11) is 0. The SMILES string of the molecule is c1csc(-c2cc(-c3cccs3)c(-c3cccs3)c(-c3cccs3)n2)c1. The number of aromatic nitrogens is 1. The van der Waals surface area contributed by atoms with Gasteiger partial charge in [0.1, 0.15) is 0 Å². The molecule has 5 rings (SSSR count). The Hall–Kier alpha value is -2.05. The molecule has 5 heteroatoms. The van der Waals surface area contributed by atoms with Gasteiger partial charge in [0.15, 0.2) is 0 Å². The minimum atomic E-state index is 1.05. The molecule has 0 bridgehead atoms. The van der Waals surface area contributed by atoms with Crippen molar-refractivity contribution >= 4 is 45.3 Å². The summed E-state index contributed by atoms with van der Waals surface area (Å²) >= 11 is 7.04. The number of hydrogen-bond acceptors (Lipinski definition) is 5. The molecule has 5 aromatic rings. The van der Waals surface area contributed by atoms with Crippen LogP contribution in [0.2, 0.25) is 0 Å². The molecule has 0 N–H and O–H groups in total. The van der Waals surface area contributed by atoms with Crippen LogP contribution < -0.4 is 0 Å². The molecular formula is C21H13NS4. The van der Waals surface area contributed by atoms with Gasteiger partial charge >= 0.3 is 0 Å². The lowest BCUT2D eigenvalue weighted by Crippen LogP contribution is -1.93. The molecule has 0 atom stereocenters. The molecule has 0 aliphatic rings. The largest absolute Gasteiger partial charge is 0.245 e. The highest BCUT2D eigenvalue weighted by Crippen LogP contribution is 2.45. The standard InChI is InChI=1S/C21H13NS4/c1-5-16(23-9-1)14-13-15(17-6-2-10-24-17)22-21(19-8-4-12-26-19)20(14)18-7-3-11-25-18/h1-13H. The highest BCUT2D eigenvalue weighted by Gasteiger charge is 2.20. The second-order valence-electron chi connectivity index (χ2n) is 5.69. The zero-order chi connectivity index (χ0) is 17.3. The minimum absolute atomic E-state index is 1.05. The fourth-order valence-electron chi connectivity index (χ4n) is 2.98. The van der Waals surface area contributed by atoms with Crippen molar-refractivity contribution in [3.05, 3.63) is 76.1 Å². The third kappa shape index (κ3) is 2.87. The van der Waals surface area contributed by atoms with Gasteiger partial charge in [-0.15, -0.1) is 45.3 Å². The minimum Gasteiger partial charge on any atom is -0.245 e. The lowest BCUT2D eigenvalue weighted by molar-refractivity contribution is 1.35. The first-order chi connectivity index (χ1) is 12.9.